The summed E-state index contributed by atoms with van der Waals surface area (Å²) in [6, 6.07) is 0.208. The maximum absolute atomic E-state index is 5.73. The van der Waals surface area contributed by atoms with Gasteiger partial charge in [0, 0.05) is 13.0 Å². The van der Waals surface area contributed by atoms with E-state index in [1.165, 1.54) is 0 Å². The van der Waals surface area contributed by atoms with Crippen molar-refractivity contribution in [3.63, 3.8) is 0 Å². The SMILES string of the molecule is CC1=NCC([C@@H]2CCC(N)CO2)O1. The lowest BCUT2D eigenvalue weighted by molar-refractivity contribution is -0.0532. The van der Waals surface area contributed by atoms with Crippen molar-refractivity contribution in [2.24, 2.45) is 10.7 Å². The summed E-state index contributed by atoms with van der Waals surface area (Å²) in [5, 5.41) is 0. The third kappa shape index (κ3) is 2.00. The first-order chi connectivity index (χ1) is 6.25. The number of ether oxygens (including phenoxy) is 2. The number of hydrogen-bond donors (Lipinski definition) is 1. The number of aliphatic imine (C=N–C) groups is 1. The number of nitrogens with two attached hydrogens (primary N) is 1. The third-order valence-corrected chi connectivity index (χ3v) is 2.58. The predicted molar refractivity (Wildman–Crippen MR) is 49.8 cm³/mol. The molecule has 74 valence electrons. The Bertz CT molecular complexity index is 210. The fraction of sp³-hybridized carbons (Fsp3) is 0.889. The van der Waals surface area contributed by atoms with E-state index in [0.717, 1.165) is 25.3 Å². The van der Waals surface area contributed by atoms with Crippen molar-refractivity contribution in [3.05, 3.63) is 0 Å². The lowest BCUT2D eigenvalue weighted by Crippen LogP contribution is -2.42. The molecule has 1 fully saturated rings. The van der Waals surface area contributed by atoms with Crippen LogP contribution in [0.15, 0.2) is 4.99 Å². The van der Waals surface area contributed by atoms with Crippen LogP contribution in [0, 0.1) is 0 Å². The van der Waals surface area contributed by atoms with Crippen molar-refractivity contribution in [3.8, 4) is 0 Å². The molecule has 4 heteroatoms. The lowest BCUT2D eigenvalue weighted by Gasteiger charge is -2.29. The summed E-state index contributed by atoms with van der Waals surface area (Å²) in [7, 11) is 0. The van der Waals surface area contributed by atoms with Crippen molar-refractivity contribution >= 4 is 5.90 Å². The highest BCUT2D eigenvalue weighted by atomic mass is 16.6. The molecule has 0 aliphatic carbocycles. The second kappa shape index (κ2) is 3.64. The Morgan fingerprint density at radius 2 is 2.23 bits per heavy atom. The highest BCUT2D eigenvalue weighted by Crippen LogP contribution is 2.20. The van der Waals surface area contributed by atoms with Gasteiger partial charge in [-0.25, -0.2) is 0 Å². The molecule has 0 radical (unpaired) electrons. The molecule has 0 bridgehead atoms. The average molecular weight is 184 g/mol. The first kappa shape index (κ1) is 8.97. The van der Waals surface area contributed by atoms with Gasteiger partial charge in [0.2, 0.25) is 0 Å². The molecule has 2 heterocycles. The Hall–Kier alpha value is -0.610. The standard InChI is InChI=1S/C9H16N2O2/c1-6-11-4-9(13-6)8-3-2-7(10)5-12-8/h7-9H,2-5,10H2,1H3/t7?,8-,9?/m0/s1. The van der Waals surface area contributed by atoms with Gasteiger partial charge in [0.05, 0.1) is 19.3 Å². The largest absolute Gasteiger partial charge is 0.473 e. The van der Waals surface area contributed by atoms with Gasteiger partial charge >= 0.3 is 0 Å². The van der Waals surface area contributed by atoms with Crippen LogP contribution in [0.25, 0.3) is 0 Å². The molecule has 3 atom stereocenters. The van der Waals surface area contributed by atoms with Crippen molar-refractivity contribution in [1.82, 2.24) is 0 Å². The van der Waals surface area contributed by atoms with E-state index in [1.807, 2.05) is 6.92 Å². The molecule has 2 unspecified atom stereocenters. The van der Waals surface area contributed by atoms with Crippen LogP contribution in [0.1, 0.15) is 19.8 Å². The summed E-state index contributed by atoms with van der Waals surface area (Å²) >= 11 is 0. The van der Waals surface area contributed by atoms with Crippen LogP contribution in [-0.2, 0) is 9.47 Å². The van der Waals surface area contributed by atoms with E-state index in [4.69, 9.17) is 15.2 Å². The number of nitrogens with zero attached hydrogens (tertiary/aromatic N) is 1. The minimum Gasteiger partial charge on any atom is -0.473 e. The Morgan fingerprint density at radius 1 is 1.38 bits per heavy atom. The van der Waals surface area contributed by atoms with E-state index in [9.17, 15) is 0 Å². The predicted octanol–water partition coefficient (Wildman–Crippen LogP) is 0.310. The van der Waals surface area contributed by atoms with E-state index >= 15 is 0 Å². The summed E-state index contributed by atoms with van der Waals surface area (Å²) in [4.78, 5) is 4.19. The fourth-order valence-corrected chi connectivity index (χ4v) is 1.79. The molecule has 0 aromatic heterocycles. The zero-order valence-electron chi connectivity index (χ0n) is 7.90. The Morgan fingerprint density at radius 3 is 2.77 bits per heavy atom. The summed E-state index contributed by atoms with van der Waals surface area (Å²) in [6.07, 6.45) is 2.35. The minimum atomic E-state index is 0.132. The van der Waals surface area contributed by atoms with Gasteiger partial charge in [0.25, 0.3) is 0 Å². The molecule has 0 spiro atoms. The molecule has 1 saturated heterocycles. The molecule has 0 aromatic carbocycles. The lowest BCUT2D eigenvalue weighted by atomic mass is 10.0. The van der Waals surface area contributed by atoms with Gasteiger partial charge in [-0.05, 0) is 12.8 Å². The van der Waals surface area contributed by atoms with Crippen molar-refractivity contribution < 1.29 is 9.47 Å². The molecule has 0 saturated carbocycles. The van der Waals surface area contributed by atoms with Gasteiger partial charge < -0.3 is 15.2 Å². The zero-order valence-corrected chi connectivity index (χ0v) is 7.90. The van der Waals surface area contributed by atoms with Crippen LogP contribution in [-0.4, -0.2) is 37.3 Å². The van der Waals surface area contributed by atoms with Gasteiger partial charge in [0.15, 0.2) is 5.90 Å². The van der Waals surface area contributed by atoms with Gasteiger partial charge in [0.1, 0.15) is 6.10 Å². The maximum Gasteiger partial charge on any atom is 0.180 e. The third-order valence-electron chi connectivity index (χ3n) is 2.58. The highest BCUT2D eigenvalue weighted by molar-refractivity contribution is 5.74. The highest BCUT2D eigenvalue weighted by Gasteiger charge is 2.31. The Kier molecular flexibility index (Phi) is 2.51. The van der Waals surface area contributed by atoms with Gasteiger partial charge in [-0.2, -0.15) is 0 Å². The van der Waals surface area contributed by atoms with E-state index in [0.29, 0.717) is 6.61 Å². The number of hydrogen-bond acceptors (Lipinski definition) is 4. The van der Waals surface area contributed by atoms with Crippen LogP contribution in [0.3, 0.4) is 0 Å². The number of rotatable bonds is 1. The molecule has 2 N–H and O–H groups in total. The first-order valence-electron chi connectivity index (χ1n) is 4.80. The molecular formula is C9H16N2O2. The average Bonchev–Trinajstić information content (AvgIpc) is 2.53. The molecule has 0 aromatic rings. The molecule has 2 aliphatic heterocycles. The van der Waals surface area contributed by atoms with E-state index in [2.05, 4.69) is 4.99 Å². The topological polar surface area (TPSA) is 56.8 Å². The summed E-state index contributed by atoms with van der Waals surface area (Å²) in [6.45, 7) is 3.28. The van der Waals surface area contributed by atoms with E-state index < -0.39 is 0 Å². The van der Waals surface area contributed by atoms with Crippen molar-refractivity contribution in [2.45, 2.75) is 38.0 Å². The van der Waals surface area contributed by atoms with E-state index in [-0.39, 0.29) is 18.2 Å². The van der Waals surface area contributed by atoms with Crippen molar-refractivity contribution in [2.75, 3.05) is 13.2 Å². The molecule has 2 rings (SSSR count). The zero-order chi connectivity index (χ0) is 9.26. The summed E-state index contributed by atoms with van der Waals surface area (Å²) in [5.41, 5.74) is 5.73. The second-order valence-electron chi connectivity index (χ2n) is 3.73. The quantitative estimate of drug-likeness (QED) is 0.638. The summed E-state index contributed by atoms with van der Waals surface area (Å²) < 4.78 is 11.1. The minimum absolute atomic E-state index is 0.132. The smallest absolute Gasteiger partial charge is 0.180 e. The maximum atomic E-state index is 5.73. The van der Waals surface area contributed by atoms with Gasteiger partial charge in [-0.1, -0.05) is 0 Å². The van der Waals surface area contributed by atoms with Crippen LogP contribution in [0.2, 0.25) is 0 Å². The molecule has 4 nitrogen and oxygen atoms in total. The van der Waals surface area contributed by atoms with Gasteiger partial charge in [-0.15, -0.1) is 0 Å². The fourth-order valence-electron chi connectivity index (χ4n) is 1.79. The monoisotopic (exact) mass is 184 g/mol. The van der Waals surface area contributed by atoms with Crippen LogP contribution >= 0.6 is 0 Å². The Balaban J connectivity index is 1.82. The van der Waals surface area contributed by atoms with Crippen LogP contribution in [0.5, 0.6) is 0 Å². The normalized spacial score (nSPS) is 39.8. The Labute approximate surface area is 78.1 Å². The summed E-state index contributed by atoms with van der Waals surface area (Å²) in [5.74, 6) is 0.781. The van der Waals surface area contributed by atoms with Gasteiger partial charge in [-0.3, -0.25) is 4.99 Å². The molecule has 0 amide bonds. The second-order valence-corrected chi connectivity index (χ2v) is 3.73. The molecule has 13 heavy (non-hydrogen) atoms. The van der Waals surface area contributed by atoms with Crippen LogP contribution in [0.4, 0.5) is 0 Å². The van der Waals surface area contributed by atoms with E-state index in [1.54, 1.807) is 0 Å². The van der Waals surface area contributed by atoms with Crippen molar-refractivity contribution in [1.29, 1.82) is 0 Å². The van der Waals surface area contributed by atoms with Crippen LogP contribution < -0.4 is 5.73 Å². The molecular weight excluding hydrogens is 168 g/mol. The first-order valence-corrected chi connectivity index (χ1v) is 4.80. The molecule has 2 aliphatic rings.